The predicted octanol–water partition coefficient (Wildman–Crippen LogP) is 2.26. The van der Waals surface area contributed by atoms with E-state index >= 15 is 0 Å². The second-order valence-corrected chi connectivity index (χ2v) is 7.16. The molecule has 3 amide bonds. The monoisotopic (exact) mass is 386 g/mol. The van der Waals surface area contributed by atoms with E-state index in [2.05, 4.69) is 24.5 Å². The number of ether oxygens (including phenoxy) is 1. The molecule has 0 aliphatic carbocycles. The van der Waals surface area contributed by atoms with Gasteiger partial charge in [-0.2, -0.15) is 0 Å². The number of rotatable bonds is 6. The van der Waals surface area contributed by atoms with E-state index in [1.807, 2.05) is 19.1 Å². The highest BCUT2D eigenvalue weighted by Gasteiger charge is 2.29. The summed E-state index contributed by atoms with van der Waals surface area (Å²) in [4.78, 5) is 46.5. The quantitative estimate of drug-likeness (QED) is 0.447. The molecule has 1 aliphatic heterocycles. The van der Waals surface area contributed by atoms with Crippen LogP contribution < -0.4 is 16.3 Å². The van der Waals surface area contributed by atoms with Crippen LogP contribution in [0.4, 0.5) is 4.79 Å². The van der Waals surface area contributed by atoms with E-state index in [4.69, 9.17) is 9.15 Å². The molecule has 2 aromatic rings. The Morgan fingerprint density at radius 2 is 1.96 bits per heavy atom. The normalized spacial score (nSPS) is 16.4. The lowest BCUT2D eigenvalue weighted by Gasteiger charge is -2.13. The summed E-state index contributed by atoms with van der Waals surface area (Å²) in [7, 11) is 0. The summed E-state index contributed by atoms with van der Waals surface area (Å²) in [5.74, 6) is -0.688. The van der Waals surface area contributed by atoms with E-state index in [0.29, 0.717) is 17.1 Å². The number of carbonyl (C=O) groups is 3. The van der Waals surface area contributed by atoms with Crippen molar-refractivity contribution in [2.45, 2.75) is 52.2 Å². The Morgan fingerprint density at radius 1 is 1.21 bits per heavy atom. The van der Waals surface area contributed by atoms with Crippen LogP contribution in [0, 0.1) is 6.92 Å². The lowest BCUT2D eigenvalue weighted by Crippen LogP contribution is -2.29. The molecular formula is C20H22N2O6. The minimum Gasteiger partial charge on any atom is -0.461 e. The van der Waals surface area contributed by atoms with Gasteiger partial charge in [0.05, 0.1) is 0 Å². The first-order valence-corrected chi connectivity index (χ1v) is 9.09. The molecule has 2 N–H and O–H groups in total. The molecule has 28 heavy (non-hydrogen) atoms. The Balaban J connectivity index is 1.72. The van der Waals surface area contributed by atoms with Gasteiger partial charge >= 0.3 is 17.6 Å². The number of hydrogen-bond donors (Lipinski definition) is 2. The van der Waals surface area contributed by atoms with Crippen molar-refractivity contribution >= 4 is 28.9 Å². The van der Waals surface area contributed by atoms with Crippen LogP contribution >= 0.6 is 0 Å². The Bertz CT molecular complexity index is 1010. The molecule has 1 saturated heterocycles. The Labute approximate surface area is 161 Å². The smallest absolute Gasteiger partial charge is 0.336 e. The van der Waals surface area contributed by atoms with Gasteiger partial charge in [0.15, 0.2) is 0 Å². The maximum absolute atomic E-state index is 12.0. The highest BCUT2D eigenvalue weighted by Crippen LogP contribution is 2.27. The molecule has 2 heterocycles. The van der Waals surface area contributed by atoms with Crippen molar-refractivity contribution in [1.29, 1.82) is 0 Å². The van der Waals surface area contributed by atoms with Crippen LogP contribution in [0.25, 0.3) is 11.0 Å². The van der Waals surface area contributed by atoms with Gasteiger partial charge in [0, 0.05) is 23.4 Å². The third kappa shape index (κ3) is 4.21. The van der Waals surface area contributed by atoms with E-state index < -0.39 is 29.6 Å². The van der Waals surface area contributed by atoms with E-state index in [1.54, 1.807) is 0 Å². The van der Waals surface area contributed by atoms with Gasteiger partial charge in [-0.3, -0.25) is 14.9 Å². The number of urea groups is 1. The average molecular weight is 386 g/mol. The molecule has 3 rings (SSSR count). The van der Waals surface area contributed by atoms with Gasteiger partial charge in [0.25, 0.3) is 5.91 Å². The highest BCUT2D eigenvalue weighted by molar-refractivity contribution is 6.04. The molecule has 1 aromatic carbocycles. The maximum Gasteiger partial charge on any atom is 0.336 e. The fraction of sp³-hybridized carbons (Fsp3) is 0.400. The molecule has 0 unspecified atom stereocenters. The van der Waals surface area contributed by atoms with E-state index in [9.17, 15) is 19.2 Å². The van der Waals surface area contributed by atoms with Crippen molar-refractivity contribution in [3.63, 3.8) is 0 Å². The molecule has 0 bridgehead atoms. The van der Waals surface area contributed by atoms with Crippen LogP contribution in [0.15, 0.2) is 27.4 Å². The summed E-state index contributed by atoms with van der Waals surface area (Å²) < 4.78 is 10.6. The summed E-state index contributed by atoms with van der Waals surface area (Å²) >= 11 is 0. The fourth-order valence-electron chi connectivity index (χ4n) is 3.29. The molecule has 0 spiro atoms. The fourth-order valence-corrected chi connectivity index (χ4v) is 3.29. The lowest BCUT2D eigenvalue weighted by atomic mass is 9.95. The van der Waals surface area contributed by atoms with Crippen molar-refractivity contribution in [3.8, 4) is 0 Å². The molecule has 1 aliphatic rings. The van der Waals surface area contributed by atoms with Crippen molar-refractivity contribution in [3.05, 3.63) is 45.3 Å². The van der Waals surface area contributed by atoms with Crippen LogP contribution in [-0.4, -0.2) is 23.9 Å². The van der Waals surface area contributed by atoms with Crippen molar-refractivity contribution in [2.24, 2.45) is 0 Å². The van der Waals surface area contributed by atoms with Gasteiger partial charge in [-0.15, -0.1) is 0 Å². The Kier molecular flexibility index (Phi) is 5.48. The standard InChI is InChI=1S/C20H22N2O6/c1-10(2)13-8-14-12(7-18(24)28-16(14)6-11(13)3)9-27-17(23)5-4-15-19(25)22-20(26)21-15/h6-8,10,15H,4-5,9H2,1-3H3,(H2,21,22,25,26)/t15-/m0/s1. The topological polar surface area (TPSA) is 115 Å². The first-order chi connectivity index (χ1) is 13.2. The maximum atomic E-state index is 12.0. The first kappa shape index (κ1) is 19.6. The van der Waals surface area contributed by atoms with Crippen molar-refractivity contribution in [1.82, 2.24) is 10.6 Å². The zero-order chi connectivity index (χ0) is 20.4. The molecule has 0 saturated carbocycles. The van der Waals surface area contributed by atoms with Crippen LogP contribution in [0.2, 0.25) is 0 Å². The van der Waals surface area contributed by atoms with Gasteiger partial charge < -0.3 is 14.5 Å². The second kappa shape index (κ2) is 7.84. The molecule has 148 valence electrons. The number of hydrogen-bond acceptors (Lipinski definition) is 6. The van der Waals surface area contributed by atoms with Gasteiger partial charge in [-0.05, 0) is 42.5 Å². The third-order valence-electron chi connectivity index (χ3n) is 4.72. The number of carbonyl (C=O) groups excluding carboxylic acids is 3. The second-order valence-electron chi connectivity index (χ2n) is 7.16. The lowest BCUT2D eigenvalue weighted by molar-refractivity contribution is -0.145. The minimum absolute atomic E-state index is 0.0336. The minimum atomic E-state index is -0.735. The van der Waals surface area contributed by atoms with Gasteiger partial charge in [-0.1, -0.05) is 13.8 Å². The number of benzene rings is 1. The Morgan fingerprint density at radius 3 is 2.61 bits per heavy atom. The summed E-state index contributed by atoms with van der Waals surface area (Å²) in [5, 5.41) is 5.26. The van der Waals surface area contributed by atoms with E-state index in [1.165, 1.54) is 6.07 Å². The van der Waals surface area contributed by atoms with Gasteiger partial charge in [0.2, 0.25) is 0 Å². The highest BCUT2D eigenvalue weighted by atomic mass is 16.5. The molecule has 1 atom stereocenters. The zero-order valence-corrected chi connectivity index (χ0v) is 16.0. The average Bonchev–Trinajstić information content (AvgIpc) is 2.94. The molecule has 1 fully saturated rings. The molecule has 1 aromatic heterocycles. The molecule has 8 nitrogen and oxygen atoms in total. The van der Waals surface area contributed by atoms with Crippen LogP contribution in [-0.2, 0) is 20.9 Å². The number of imide groups is 1. The molecular weight excluding hydrogens is 364 g/mol. The number of nitrogens with one attached hydrogen (secondary N) is 2. The number of fused-ring (bicyclic) bond motifs is 1. The summed E-state index contributed by atoms with van der Waals surface area (Å²) in [5.41, 5.74) is 2.65. The Hall–Kier alpha value is -3.16. The van der Waals surface area contributed by atoms with Crippen LogP contribution in [0.1, 0.15) is 49.3 Å². The van der Waals surface area contributed by atoms with Crippen LogP contribution in [0.3, 0.4) is 0 Å². The zero-order valence-electron chi connectivity index (χ0n) is 16.0. The molecule has 0 radical (unpaired) electrons. The van der Waals surface area contributed by atoms with Crippen molar-refractivity contribution in [2.75, 3.05) is 0 Å². The summed E-state index contributed by atoms with van der Waals surface area (Å²) in [6, 6.07) is 3.79. The molecule has 8 heteroatoms. The van der Waals surface area contributed by atoms with Crippen LogP contribution in [0.5, 0.6) is 0 Å². The van der Waals surface area contributed by atoms with Crippen molar-refractivity contribution < 1.29 is 23.5 Å². The van der Waals surface area contributed by atoms with Gasteiger partial charge in [-0.25, -0.2) is 9.59 Å². The SMILES string of the molecule is Cc1cc2oc(=O)cc(COC(=O)CC[C@@H]3NC(=O)NC3=O)c2cc1C(C)C. The van der Waals surface area contributed by atoms with E-state index in [-0.39, 0.29) is 19.4 Å². The summed E-state index contributed by atoms with van der Waals surface area (Å²) in [6.07, 6.45) is 0.110. The summed E-state index contributed by atoms with van der Waals surface area (Å²) in [6.45, 7) is 6.03. The predicted molar refractivity (Wildman–Crippen MR) is 101 cm³/mol. The number of esters is 1. The third-order valence-corrected chi connectivity index (χ3v) is 4.72. The van der Waals surface area contributed by atoms with Gasteiger partial charge in [0.1, 0.15) is 18.2 Å². The van der Waals surface area contributed by atoms with E-state index in [0.717, 1.165) is 16.5 Å². The number of aryl methyl sites for hydroxylation is 1. The largest absolute Gasteiger partial charge is 0.461 e. The first-order valence-electron chi connectivity index (χ1n) is 9.09. The number of amides is 3.